The third-order valence-electron chi connectivity index (χ3n) is 4.03. The second-order valence-electron chi connectivity index (χ2n) is 6.02. The van der Waals surface area contributed by atoms with Crippen LogP contribution in [0, 0.1) is 10.1 Å². The van der Waals surface area contributed by atoms with Crippen molar-refractivity contribution < 1.29 is 19.2 Å². The molecule has 1 amide bonds. The summed E-state index contributed by atoms with van der Waals surface area (Å²) in [5.74, 6) is 0.0770. The number of rotatable bonds is 5. The van der Waals surface area contributed by atoms with Crippen molar-refractivity contribution in [1.29, 1.82) is 0 Å². The van der Waals surface area contributed by atoms with Gasteiger partial charge >= 0.3 is 0 Å². The smallest absolute Gasteiger partial charge is 0.296 e. The lowest BCUT2D eigenvalue weighted by molar-refractivity contribution is -0.384. The first kappa shape index (κ1) is 18.2. The number of nitro groups is 1. The van der Waals surface area contributed by atoms with E-state index in [4.69, 9.17) is 9.47 Å². The fourth-order valence-corrected chi connectivity index (χ4v) is 2.83. The number of benzene rings is 1. The molecule has 24 heavy (non-hydrogen) atoms. The van der Waals surface area contributed by atoms with Gasteiger partial charge in [-0.05, 0) is 32.9 Å². The number of carbonyl (C=O) groups excluding carboxylic acids is 1. The lowest BCUT2D eigenvalue weighted by Gasteiger charge is -2.38. The summed E-state index contributed by atoms with van der Waals surface area (Å²) in [5, 5.41) is 13.9. The van der Waals surface area contributed by atoms with Crippen LogP contribution in [0.5, 0.6) is 5.75 Å². The van der Waals surface area contributed by atoms with Gasteiger partial charge in [0.15, 0.2) is 0 Å². The number of carbonyl (C=O) groups is 1. The highest BCUT2D eigenvalue weighted by Crippen LogP contribution is 2.29. The van der Waals surface area contributed by atoms with Crippen LogP contribution in [0.25, 0.3) is 0 Å². The Bertz CT molecular complexity index is 612. The molecule has 1 heterocycles. The summed E-state index contributed by atoms with van der Waals surface area (Å²) in [6.45, 7) is 6.99. The minimum Gasteiger partial charge on any atom is -0.496 e. The molecule has 1 fully saturated rings. The number of ether oxygens (including phenoxy) is 2. The van der Waals surface area contributed by atoms with E-state index in [9.17, 15) is 14.9 Å². The Balaban J connectivity index is 2.12. The largest absolute Gasteiger partial charge is 0.496 e. The molecule has 1 aromatic carbocycles. The van der Waals surface area contributed by atoms with Gasteiger partial charge in [-0.15, -0.1) is 0 Å². The average molecular weight is 337 g/mol. The zero-order valence-electron chi connectivity index (χ0n) is 14.3. The summed E-state index contributed by atoms with van der Waals surface area (Å²) in [6, 6.07) is 3.93. The SMILES string of the molecule is COc1ccc(NC(=O)[C@@H](C)N2C[C@@H](C)O[C@@H](C)C2)c([N+](=O)[O-])c1. The quantitative estimate of drug-likeness (QED) is 0.653. The maximum atomic E-state index is 12.5. The summed E-state index contributed by atoms with van der Waals surface area (Å²) >= 11 is 0. The number of anilines is 1. The first-order valence-corrected chi connectivity index (χ1v) is 7.84. The van der Waals surface area contributed by atoms with Crippen molar-refractivity contribution in [2.75, 3.05) is 25.5 Å². The first-order chi connectivity index (χ1) is 11.3. The topological polar surface area (TPSA) is 93.9 Å². The molecule has 0 radical (unpaired) electrons. The van der Waals surface area contributed by atoms with Gasteiger partial charge in [-0.25, -0.2) is 0 Å². The molecule has 0 bridgehead atoms. The van der Waals surface area contributed by atoms with Gasteiger partial charge in [0.2, 0.25) is 5.91 Å². The van der Waals surface area contributed by atoms with Gasteiger partial charge in [0, 0.05) is 13.1 Å². The van der Waals surface area contributed by atoms with Crippen molar-refractivity contribution in [3.05, 3.63) is 28.3 Å². The third-order valence-corrected chi connectivity index (χ3v) is 4.03. The molecule has 8 nitrogen and oxygen atoms in total. The van der Waals surface area contributed by atoms with E-state index in [1.807, 2.05) is 18.7 Å². The molecule has 0 aliphatic carbocycles. The second kappa shape index (κ2) is 7.59. The zero-order valence-corrected chi connectivity index (χ0v) is 14.3. The van der Waals surface area contributed by atoms with Crippen molar-refractivity contribution in [3.63, 3.8) is 0 Å². The van der Waals surface area contributed by atoms with Crippen molar-refractivity contribution in [1.82, 2.24) is 4.90 Å². The van der Waals surface area contributed by atoms with E-state index < -0.39 is 11.0 Å². The summed E-state index contributed by atoms with van der Waals surface area (Å²) < 4.78 is 10.7. The van der Waals surface area contributed by atoms with Crippen LogP contribution >= 0.6 is 0 Å². The molecular formula is C16H23N3O5. The molecular weight excluding hydrogens is 314 g/mol. The Morgan fingerprint density at radius 3 is 2.58 bits per heavy atom. The van der Waals surface area contributed by atoms with Crippen molar-refractivity contribution in [2.24, 2.45) is 0 Å². The molecule has 1 aliphatic rings. The molecule has 1 aliphatic heterocycles. The number of hydrogen-bond acceptors (Lipinski definition) is 6. The van der Waals surface area contributed by atoms with Gasteiger partial charge in [-0.3, -0.25) is 19.8 Å². The molecule has 8 heteroatoms. The number of nitrogens with zero attached hydrogens (tertiary/aromatic N) is 2. The highest BCUT2D eigenvalue weighted by molar-refractivity contribution is 5.96. The predicted octanol–water partition coefficient (Wildman–Crippen LogP) is 2.04. The van der Waals surface area contributed by atoms with E-state index >= 15 is 0 Å². The van der Waals surface area contributed by atoms with Crippen LogP contribution in [0.1, 0.15) is 20.8 Å². The van der Waals surface area contributed by atoms with Crippen LogP contribution in [0.4, 0.5) is 11.4 Å². The number of nitrogens with one attached hydrogen (secondary N) is 1. The maximum absolute atomic E-state index is 12.5. The number of amides is 1. The lowest BCUT2D eigenvalue weighted by atomic mass is 10.1. The summed E-state index contributed by atoms with van der Waals surface area (Å²) in [6.07, 6.45) is 0.0821. The van der Waals surface area contributed by atoms with Gasteiger partial charge < -0.3 is 14.8 Å². The monoisotopic (exact) mass is 337 g/mol. The van der Waals surface area contributed by atoms with Crippen molar-refractivity contribution in [2.45, 2.75) is 39.0 Å². The summed E-state index contributed by atoms with van der Waals surface area (Å²) in [5.41, 5.74) is -0.0365. The highest BCUT2D eigenvalue weighted by atomic mass is 16.6. The lowest BCUT2D eigenvalue weighted by Crippen LogP contribution is -2.52. The van der Waals surface area contributed by atoms with E-state index in [1.54, 1.807) is 13.0 Å². The van der Waals surface area contributed by atoms with Gasteiger partial charge in [0.25, 0.3) is 5.69 Å². The summed E-state index contributed by atoms with van der Waals surface area (Å²) in [4.78, 5) is 25.2. The molecule has 0 spiro atoms. The van der Waals surface area contributed by atoms with E-state index in [2.05, 4.69) is 5.32 Å². The Morgan fingerprint density at radius 1 is 1.42 bits per heavy atom. The highest BCUT2D eigenvalue weighted by Gasteiger charge is 2.30. The standard InChI is InChI=1S/C16H23N3O5/c1-10-8-18(9-11(2)24-10)12(3)16(20)17-14-6-5-13(23-4)7-15(14)19(21)22/h5-7,10-12H,8-9H2,1-4H3,(H,17,20)/t10-,11+,12-/m1/s1. The molecule has 0 aromatic heterocycles. The third kappa shape index (κ3) is 4.21. The van der Waals surface area contributed by atoms with Crippen LogP contribution in [0.2, 0.25) is 0 Å². The zero-order chi connectivity index (χ0) is 17.9. The minimum atomic E-state index is -0.540. The molecule has 1 aromatic rings. The first-order valence-electron chi connectivity index (χ1n) is 7.84. The maximum Gasteiger partial charge on any atom is 0.296 e. The van der Waals surface area contributed by atoms with Crippen LogP contribution in [0.15, 0.2) is 18.2 Å². The van der Waals surface area contributed by atoms with Crippen LogP contribution < -0.4 is 10.1 Å². The molecule has 2 rings (SSSR count). The van der Waals surface area contributed by atoms with E-state index in [1.165, 1.54) is 19.2 Å². The second-order valence-corrected chi connectivity index (χ2v) is 6.02. The fraction of sp³-hybridized carbons (Fsp3) is 0.562. The molecule has 1 saturated heterocycles. The normalized spacial score (nSPS) is 22.7. The summed E-state index contributed by atoms with van der Waals surface area (Å²) in [7, 11) is 1.43. The molecule has 0 unspecified atom stereocenters. The average Bonchev–Trinajstić information content (AvgIpc) is 2.53. The van der Waals surface area contributed by atoms with Gasteiger partial charge in [0.05, 0.1) is 36.3 Å². The number of nitro benzene ring substituents is 1. The Morgan fingerprint density at radius 2 is 2.04 bits per heavy atom. The minimum absolute atomic E-state index is 0.0410. The molecule has 0 saturated carbocycles. The van der Waals surface area contributed by atoms with Crippen molar-refractivity contribution >= 4 is 17.3 Å². The van der Waals surface area contributed by atoms with Gasteiger partial charge in [0.1, 0.15) is 11.4 Å². The Hall–Kier alpha value is -2.19. The molecule has 1 N–H and O–H groups in total. The predicted molar refractivity (Wildman–Crippen MR) is 89.3 cm³/mol. The van der Waals surface area contributed by atoms with E-state index in [-0.39, 0.29) is 29.5 Å². The molecule has 3 atom stereocenters. The van der Waals surface area contributed by atoms with E-state index in [0.717, 1.165) is 0 Å². The number of morpholine rings is 1. The number of hydrogen-bond donors (Lipinski definition) is 1. The van der Waals surface area contributed by atoms with Gasteiger partial charge in [-0.2, -0.15) is 0 Å². The fourth-order valence-electron chi connectivity index (χ4n) is 2.83. The van der Waals surface area contributed by atoms with Crippen LogP contribution in [0.3, 0.4) is 0 Å². The number of methoxy groups -OCH3 is 1. The van der Waals surface area contributed by atoms with Crippen molar-refractivity contribution in [3.8, 4) is 5.75 Å². The van der Waals surface area contributed by atoms with Crippen LogP contribution in [-0.4, -0.2) is 54.2 Å². The van der Waals surface area contributed by atoms with Crippen LogP contribution in [-0.2, 0) is 9.53 Å². The Kier molecular flexibility index (Phi) is 5.74. The molecule has 132 valence electrons. The van der Waals surface area contributed by atoms with Gasteiger partial charge in [-0.1, -0.05) is 0 Å². The van der Waals surface area contributed by atoms with E-state index in [0.29, 0.717) is 18.8 Å². The Labute approximate surface area is 140 Å².